The van der Waals surface area contributed by atoms with Crippen LogP contribution in [0.15, 0.2) is 0 Å². The molecule has 0 saturated heterocycles. The van der Waals surface area contributed by atoms with Gasteiger partial charge in [-0.05, 0) is 25.7 Å². The second kappa shape index (κ2) is 43.3. The van der Waals surface area contributed by atoms with Crippen LogP contribution in [0, 0.1) is 0 Å². The maximum absolute atomic E-state index is 8.67. The minimum Gasteiger partial charge on any atom is -0.396 e. The van der Waals surface area contributed by atoms with E-state index < -0.39 is 0 Å². The van der Waals surface area contributed by atoms with Crippen LogP contribution < -0.4 is 0 Å². The van der Waals surface area contributed by atoms with E-state index in [4.69, 9.17) is 20.4 Å². The molecule has 0 aliphatic carbocycles. The van der Waals surface area contributed by atoms with E-state index in [0.29, 0.717) is 26.4 Å². The standard InChI is InChI=1S/2C18H38O2/c2*19-17-15-13-11-9-7-5-3-1-2-4-6-8-10-12-14-16-18-20/h2*19-20H,1-18H2. The van der Waals surface area contributed by atoms with Crippen LogP contribution in [0.1, 0.15) is 205 Å². The summed E-state index contributed by atoms with van der Waals surface area (Å²) in [6.45, 7) is 1.45. The Bertz CT molecular complexity index is 319. The molecule has 0 bridgehead atoms. The summed E-state index contributed by atoms with van der Waals surface area (Å²) in [6, 6.07) is 0. The van der Waals surface area contributed by atoms with Crippen LogP contribution in [0.4, 0.5) is 0 Å². The monoisotopic (exact) mass is 573 g/mol. The molecule has 4 heteroatoms. The van der Waals surface area contributed by atoms with Crippen molar-refractivity contribution in [3.8, 4) is 0 Å². The van der Waals surface area contributed by atoms with Gasteiger partial charge in [-0.3, -0.25) is 0 Å². The van der Waals surface area contributed by atoms with Gasteiger partial charge in [0.25, 0.3) is 0 Å². The first-order chi connectivity index (χ1) is 19.8. The highest BCUT2D eigenvalue weighted by Gasteiger charge is 1.96. The third-order valence-corrected chi connectivity index (χ3v) is 8.13. The van der Waals surface area contributed by atoms with Gasteiger partial charge in [-0.15, -0.1) is 0 Å². The molecule has 0 radical (unpaired) electrons. The second-order valence-corrected chi connectivity index (χ2v) is 12.2. The molecule has 244 valence electrons. The summed E-state index contributed by atoms with van der Waals surface area (Å²) >= 11 is 0. The molecule has 0 aliphatic rings. The van der Waals surface area contributed by atoms with Crippen molar-refractivity contribution in [2.24, 2.45) is 0 Å². The fraction of sp³-hybridized carbons (Fsp3) is 1.00. The zero-order chi connectivity index (χ0) is 29.5. The van der Waals surface area contributed by atoms with Crippen molar-refractivity contribution in [2.75, 3.05) is 26.4 Å². The van der Waals surface area contributed by atoms with Gasteiger partial charge in [0.15, 0.2) is 0 Å². The Morgan fingerprint density at radius 3 is 0.275 bits per heavy atom. The summed E-state index contributed by atoms with van der Waals surface area (Å²) in [7, 11) is 0. The van der Waals surface area contributed by atoms with E-state index in [2.05, 4.69) is 0 Å². The van der Waals surface area contributed by atoms with E-state index in [1.807, 2.05) is 0 Å². The minimum absolute atomic E-state index is 0.363. The first kappa shape index (κ1) is 42.0. The van der Waals surface area contributed by atoms with Crippen molar-refractivity contribution >= 4 is 0 Å². The Labute approximate surface area is 252 Å². The van der Waals surface area contributed by atoms with Crippen LogP contribution in [0.3, 0.4) is 0 Å². The van der Waals surface area contributed by atoms with Crippen LogP contribution in [-0.2, 0) is 0 Å². The molecule has 0 fully saturated rings. The van der Waals surface area contributed by atoms with E-state index >= 15 is 0 Å². The van der Waals surface area contributed by atoms with E-state index in [0.717, 1.165) is 25.7 Å². The van der Waals surface area contributed by atoms with Crippen LogP contribution in [0.25, 0.3) is 0 Å². The summed E-state index contributed by atoms with van der Waals surface area (Å²) in [5.74, 6) is 0. The maximum Gasteiger partial charge on any atom is 0.0431 e. The van der Waals surface area contributed by atoms with Gasteiger partial charge < -0.3 is 20.4 Å². The molecule has 0 aromatic rings. The van der Waals surface area contributed by atoms with Gasteiger partial charge in [-0.25, -0.2) is 0 Å². The summed E-state index contributed by atoms with van der Waals surface area (Å²) in [6.07, 6.45) is 41.9. The summed E-state index contributed by atoms with van der Waals surface area (Å²) in [4.78, 5) is 0. The van der Waals surface area contributed by atoms with Gasteiger partial charge in [0.2, 0.25) is 0 Å². The van der Waals surface area contributed by atoms with E-state index in [9.17, 15) is 0 Å². The molecular weight excluding hydrogens is 496 g/mol. The number of aliphatic hydroxyl groups excluding tert-OH is 4. The normalized spacial score (nSPS) is 11.1. The highest BCUT2D eigenvalue weighted by atomic mass is 16.3. The Hall–Kier alpha value is -0.160. The smallest absolute Gasteiger partial charge is 0.0431 e. The van der Waals surface area contributed by atoms with Crippen LogP contribution in [0.5, 0.6) is 0 Å². The third-order valence-electron chi connectivity index (χ3n) is 8.13. The van der Waals surface area contributed by atoms with E-state index in [1.165, 1.54) is 180 Å². The number of rotatable bonds is 34. The lowest BCUT2D eigenvalue weighted by Gasteiger charge is -2.03. The summed E-state index contributed by atoms with van der Waals surface area (Å²) in [5, 5.41) is 34.7. The molecule has 0 spiro atoms. The summed E-state index contributed by atoms with van der Waals surface area (Å²) < 4.78 is 0. The number of hydrogen-bond acceptors (Lipinski definition) is 4. The average molecular weight is 573 g/mol. The topological polar surface area (TPSA) is 80.9 Å². The molecule has 40 heavy (non-hydrogen) atoms. The Morgan fingerprint density at radius 2 is 0.200 bits per heavy atom. The molecule has 0 saturated carbocycles. The molecule has 0 amide bonds. The van der Waals surface area contributed by atoms with Gasteiger partial charge >= 0.3 is 0 Å². The molecule has 0 aliphatic heterocycles. The Kier molecular flexibility index (Phi) is 45.4. The number of unbranched alkanes of at least 4 members (excludes halogenated alkanes) is 30. The fourth-order valence-electron chi connectivity index (χ4n) is 5.40. The largest absolute Gasteiger partial charge is 0.396 e. The highest BCUT2D eigenvalue weighted by molar-refractivity contribution is 4.51. The zero-order valence-electron chi connectivity index (χ0n) is 27.2. The van der Waals surface area contributed by atoms with Crippen LogP contribution in [-0.4, -0.2) is 46.9 Å². The molecule has 0 unspecified atom stereocenters. The average Bonchev–Trinajstić information content (AvgIpc) is 2.97. The SMILES string of the molecule is OCCCCCCCCCCCCCCCCCCO.OCCCCCCCCCCCCCCCCCCO. The van der Waals surface area contributed by atoms with Crippen molar-refractivity contribution in [1.82, 2.24) is 0 Å². The second-order valence-electron chi connectivity index (χ2n) is 12.2. The van der Waals surface area contributed by atoms with Crippen molar-refractivity contribution < 1.29 is 20.4 Å². The molecule has 4 nitrogen and oxygen atoms in total. The van der Waals surface area contributed by atoms with Crippen molar-refractivity contribution in [1.29, 1.82) is 0 Å². The Morgan fingerprint density at radius 1 is 0.125 bits per heavy atom. The van der Waals surface area contributed by atoms with Crippen molar-refractivity contribution in [2.45, 2.75) is 205 Å². The number of hydrogen-bond donors (Lipinski definition) is 4. The summed E-state index contributed by atoms with van der Waals surface area (Å²) in [5.41, 5.74) is 0. The van der Waals surface area contributed by atoms with Crippen LogP contribution >= 0.6 is 0 Å². The van der Waals surface area contributed by atoms with Crippen molar-refractivity contribution in [3.63, 3.8) is 0 Å². The molecule has 0 aromatic carbocycles. The molecule has 0 heterocycles. The molecular formula is C36H76O4. The third kappa shape index (κ3) is 44.8. The maximum atomic E-state index is 8.67. The van der Waals surface area contributed by atoms with Gasteiger partial charge in [0, 0.05) is 26.4 Å². The van der Waals surface area contributed by atoms with Gasteiger partial charge in [0.1, 0.15) is 0 Å². The van der Waals surface area contributed by atoms with E-state index in [1.54, 1.807) is 0 Å². The predicted octanol–water partition coefficient (Wildman–Crippen LogP) is 10.4. The van der Waals surface area contributed by atoms with Gasteiger partial charge in [-0.1, -0.05) is 180 Å². The lowest BCUT2D eigenvalue weighted by Crippen LogP contribution is -1.85. The lowest BCUT2D eigenvalue weighted by atomic mass is 10.0. The minimum atomic E-state index is 0.363. The van der Waals surface area contributed by atoms with Crippen molar-refractivity contribution in [3.05, 3.63) is 0 Å². The number of aliphatic hydroxyl groups is 4. The van der Waals surface area contributed by atoms with Crippen LogP contribution in [0.2, 0.25) is 0 Å². The van der Waals surface area contributed by atoms with E-state index in [-0.39, 0.29) is 0 Å². The first-order valence-corrected chi connectivity index (χ1v) is 18.3. The molecule has 4 N–H and O–H groups in total. The quantitative estimate of drug-likeness (QED) is 0.0578. The lowest BCUT2D eigenvalue weighted by molar-refractivity contribution is 0.282. The van der Waals surface area contributed by atoms with Gasteiger partial charge in [0.05, 0.1) is 0 Å². The molecule has 0 atom stereocenters. The highest BCUT2D eigenvalue weighted by Crippen LogP contribution is 2.15. The first-order valence-electron chi connectivity index (χ1n) is 18.3. The zero-order valence-corrected chi connectivity index (χ0v) is 27.2. The van der Waals surface area contributed by atoms with Gasteiger partial charge in [-0.2, -0.15) is 0 Å². The predicted molar refractivity (Wildman–Crippen MR) is 176 cm³/mol. The Balaban J connectivity index is 0. The fourth-order valence-corrected chi connectivity index (χ4v) is 5.40. The molecule has 0 rings (SSSR count). The molecule has 0 aromatic heterocycles.